The monoisotopic (exact) mass is 504 g/mol. The number of carbonyl (C=O) groups is 1. The van der Waals surface area contributed by atoms with Gasteiger partial charge in [0.25, 0.3) is 0 Å². The smallest absolute Gasteiger partial charge is 0.228 e. The molecular formula is C30H28N6O2. The van der Waals surface area contributed by atoms with Gasteiger partial charge in [-0.3, -0.25) is 14.2 Å². The molecule has 1 aliphatic carbocycles. The number of amides is 1. The van der Waals surface area contributed by atoms with Crippen molar-refractivity contribution < 1.29 is 9.53 Å². The summed E-state index contributed by atoms with van der Waals surface area (Å²) < 4.78 is 8.22. The Morgan fingerprint density at radius 2 is 1.87 bits per heavy atom. The van der Waals surface area contributed by atoms with Crippen LogP contribution in [-0.4, -0.2) is 25.3 Å². The Labute approximate surface area is 220 Å². The molecule has 0 aliphatic heterocycles. The number of nitrogens with two attached hydrogens (primary N) is 1. The summed E-state index contributed by atoms with van der Waals surface area (Å²) in [6, 6.07) is 19.2. The number of rotatable bonds is 8. The molecule has 3 heterocycles. The second-order valence-corrected chi connectivity index (χ2v) is 9.57. The second kappa shape index (κ2) is 10.3. The Hall–Kier alpha value is -4.72. The number of imidazole rings is 1. The van der Waals surface area contributed by atoms with Gasteiger partial charge in [-0.05, 0) is 60.4 Å². The average Bonchev–Trinajstić information content (AvgIpc) is 3.28. The molecule has 1 fully saturated rings. The number of benzene rings is 2. The van der Waals surface area contributed by atoms with E-state index >= 15 is 0 Å². The lowest BCUT2D eigenvalue weighted by atomic mass is 9.85. The quantitative estimate of drug-likeness (QED) is 0.293. The van der Waals surface area contributed by atoms with Crippen molar-refractivity contribution >= 4 is 22.9 Å². The minimum atomic E-state index is -0.0794. The molecular weight excluding hydrogens is 476 g/mol. The highest BCUT2D eigenvalue weighted by Gasteiger charge is 2.27. The van der Waals surface area contributed by atoms with Crippen LogP contribution in [0.1, 0.15) is 42.1 Å². The molecule has 0 spiro atoms. The van der Waals surface area contributed by atoms with E-state index < -0.39 is 0 Å². The van der Waals surface area contributed by atoms with E-state index in [0.717, 1.165) is 58.0 Å². The van der Waals surface area contributed by atoms with Gasteiger partial charge in [-0.15, -0.1) is 0 Å². The van der Waals surface area contributed by atoms with Crippen LogP contribution >= 0.6 is 0 Å². The normalized spacial score (nSPS) is 13.3. The summed E-state index contributed by atoms with van der Waals surface area (Å²) in [6.07, 6.45) is 10.9. The Bertz CT molecular complexity index is 1590. The number of anilines is 2. The third-order valence-electron chi connectivity index (χ3n) is 6.92. The van der Waals surface area contributed by atoms with Crippen molar-refractivity contribution in [3.63, 3.8) is 0 Å². The fourth-order valence-electron chi connectivity index (χ4n) is 4.77. The molecule has 0 saturated heterocycles. The van der Waals surface area contributed by atoms with E-state index in [0.29, 0.717) is 24.8 Å². The number of fused-ring (bicyclic) bond motifs is 1. The molecule has 3 aromatic heterocycles. The minimum Gasteiger partial charge on any atom is -0.489 e. The molecule has 1 saturated carbocycles. The minimum absolute atomic E-state index is 0.0794. The third-order valence-corrected chi connectivity index (χ3v) is 6.92. The number of hydrogen-bond donors (Lipinski definition) is 2. The molecule has 0 unspecified atom stereocenters. The zero-order valence-corrected chi connectivity index (χ0v) is 20.9. The fraction of sp³-hybridized carbons (Fsp3) is 0.200. The van der Waals surface area contributed by atoms with Crippen molar-refractivity contribution in [2.24, 2.45) is 0 Å². The first kappa shape index (κ1) is 23.7. The van der Waals surface area contributed by atoms with Gasteiger partial charge in [0.15, 0.2) is 0 Å². The molecule has 6 rings (SSSR count). The van der Waals surface area contributed by atoms with E-state index in [1.54, 1.807) is 18.6 Å². The number of hydrogen-bond acceptors (Lipinski definition) is 6. The first-order chi connectivity index (χ1) is 18.6. The van der Waals surface area contributed by atoms with Gasteiger partial charge in [0.1, 0.15) is 35.2 Å². The highest BCUT2D eigenvalue weighted by molar-refractivity contribution is 5.92. The van der Waals surface area contributed by atoms with Crippen LogP contribution in [0.4, 0.5) is 11.5 Å². The standard InChI is InChI=1S/C30H28N6O2/c31-29-28-27(35-30(22-5-2-6-22)36(28)15-14-33-29)23-7-3-9-25(18-23)38-19-21-4-1-8-24(16-21)34-26(37)17-20-10-12-32-13-11-20/h1,3-4,7-16,18,22H,2,5-6,17,19H2,(H2,31,33)(H,34,37). The lowest BCUT2D eigenvalue weighted by Gasteiger charge is -2.23. The number of carbonyl (C=O) groups excluding carboxylic acids is 1. The molecule has 1 amide bonds. The topological polar surface area (TPSA) is 107 Å². The van der Waals surface area contributed by atoms with Crippen molar-refractivity contribution in [1.29, 1.82) is 0 Å². The van der Waals surface area contributed by atoms with Crippen molar-refractivity contribution in [2.45, 2.75) is 38.2 Å². The maximum Gasteiger partial charge on any atom is 0.228 e. The molecule has 8 nitrogen and oxygen atoms in total. The highest BCUT2D eigenvalue weighted by atomic mass is 16.5. The number of nitrogens with zero attached hydrogens (tertiary/aromatic N) is 4. The predicted octanol–water partition coefficient (Wildman–Crippen LogP) is 5.40. The van der Waals surface area contributed by atoms with Crippen molar-refractivity contribution in [2.75, 3.05) is 11.1 Å². The fourth-order valence-corrected chi connectivity index (χ4v) is 4.77. The van der Waals surface area contributed by atoms with E-state index in [1.807, 2.05) is 66.9 Å². The Morgan fingerprint density at radius 3 is 2.68 bits per heavy atom. The van der Waals surface area contributed by atoms with Gasteiger partial charge in [-0.2, -0.15) is 0 Å². The lowest BCUT2D eigenvalue weighted by Crippen LogP contribution is -2.14. The Morgan fingerprint density at radius 1 is 1.03 bits per heavy atom. The number of nitrogen functional groups attached to an aromatic ring is 1. The van der Waals surface area contributed by atoms with Gasteiger partial charge >= 0.3 is 0 Å². The number of ether oxygens (including phenoxy) is 1. The molecule has 190 valence electrons. The van der Waals surface area contributed by atoms with Crippen LogP contribution in [0.3, 0.4) is 0 Å². The van der Waals surface area contributed by atoms with Gasteiger partial charge in [-0.1, -0.05) is 30.7 Å². The Kier molecular flexibility index (Phi) is 6.44. The maximum atomic E-state index is 12.4. The second-order valence-electron chi connectivity index (χ2n) is 9.57. The summed E-state index contributed by atoms with van der Waals surface area (Å²) in [7, 11) is 0. The van der Waals surface area contributed by atoms with E-state index in [2.05, 4.69) is 19.7 Å². The zero-order chi connectivity index (χ0) is 25.9. The van der Waals surface area contributed by atoms with Gasteiger partial charge in [0, 0.05) is 42.0 Å². The molecule has 8 heteroatoms. The molecule has 0 radical (unpaired) electrons. The molecule has 2 aromatic carbocycles. The third kappa shape index (κ3) is 4.93. The van der Waals surface area contributed by atoms with E-state index in [4.69, 9.17) is 15.5 Å². The maximum absolute atomic E-state index is 12.4. The molecule has 38 heavy (non-hydrogen) atoms. The van der Waals surface area contributed by atoms with Crippen molar-refractivity contribution in [3.8, 4) is 17.0 Å². The summed E-state index contributed by atoms with van der Waals surface area (Å²) in [5.41, 5.74) is 11.5. The van der Waals surface area contributed by atoms with E-state index in [-0.39, 0.29) is 5.91 Å². The largest absolute Gasteiger partial charge is 0.489 e. The molecule has 0 bridgehead atoms. The van der Waals surface area contributed by atoms with Crippen molar-refractivity contribution in [3.05, 3.63) is 102 Å². The Balaban J connectivity index is 1.17. The first-order valence-corrected chi connectivity index (χ1v) is 12.8. The summed E-state index contributed by atoms with van der Waals surface area (Å²) >= 11 is 0. The summed E-state index contributed by atoms with van der Waals surface area (Å²) in [5.74, 6) is 2.61. The predicted molar refractivity (Wildman–Crippen MR) is 147 cm³/mol. The highest BCUT2D eigenvalue weighted by Crippen LogP contribution is 2.39. The van der Waals surface area contributed by atoms with Crippen LogP contribution in [0.25, 0.3) is 16.8 Å². The van der Waals surface area contributed by atoms with Crippen molar-refractivity contribution in [1.82, 2.24) is 19.4 Å². The van der Waals surface area contributed by atoms with Gasteiger partial charge in [0.05, 0.1) is 6.42 Å². The first-order valence-electron chi connectivity index (χ1n) is 12.8. The average molecular weight is 505 g/mol. The molecule has 1 aliphatic rings. The number of aromatic nitrogens is 4. The summed E-state index contributed by atoms with van der Waals surface area (Å²) in [4.78, 5) is 25.8. The van der Waals surface area contributed by atoms with Gasteiger partial charge in [0.2, 0.25) is 5.91 Å². The number of nitrogens with one attached hydrogen (secondary N) is 1. The van der Waals surface area contributed by atoms with Crippen LogP contribution in [0.5, 0.6) is 5.75 Å². The zero-order valence-electron chi connectivity index (χ0n) is 20.9. The van der Waals surface area contributed by atoms with Crippen LogP contribution in [0.2, 0.25) is 0 Å². The number of pyridine rings is 1. The van der Waals surface area contributed by atoms with Crippen LogP contribution < -0.4 is 15.8 Å². The van der Waals surface area contributed by atoms with E-state index in [9.17, 15) is 4.79 Å². The van der Waals surface area contributed by atoms with Gasteiger partial charge in [-0.25, -0.2) is 9.97 Å². The van der Waals surface area contributed by atoms with Crippen LogP contribution in [-0.2, 0) is 17.8 Å². The lowest BCUT2D eigenvalue weighted by molar-refractivity contribution is -0.115. The van der Waals surface area contributed by atoms with Crippen LogP contribution in [0, 0.1) is 0 Å². The molecule has 5 aromatic rings. The summed E-state index contributed by atoms with van der Waals surface area (Å²) in [5, 5.41) is 2.96. The van der Waals surface area contributed by atoms with E-state index in [1.165, 1.54) is 6.42 Å². The summed E-state index contributed by atoms with van der Waals surface area (Å²) in [6.45, 7) is 0.360. The molecule has 0 atom stereocenters. The molecule has 3 N–H and O–H groups in total. The van der Waals surface area contributed by atoms with Crippen LogP contribution in [0.15, 0.2) is 85.5 Å². The van der Waals surface area contributed by atoms with Gasteiger partial charge < -0.3 is 15.8 Å². The SMILES string of the molecule is Nc1nccn2c(C3CCC3)nc(-c3cccc(OCc4cccc(NC(=O)Cc5ccncc5)c4)c3)c12.